The van der Waals surface area contributed by atoms with E-state index in [4.69, 9.17) is 21.1 Å². The Kier molecular flexibility index (Phi) is 6.29. The van der Waals surface area contributed by atoms with Crippen LogP contribution in [-0.4, -0.2) is 25.2 Å². The highest BCUT2D eigenvalue weighted by molar-refractivity contribution is 6.30. The van der Waals surface area contributed by atoms with Gasteiger partial charge >= 0.3 is 0 Å². The first-order valence-electron chi connectivity index (χ1n) is 7.44. The Morgan fingerprint density at radius 3 is 2.35 bits per heavy atom. The molecular weight excluding hydrogens is 314 g/mol. The first-order valence-corrected chi connectivity index (χ1v) is 7.82. The highest BCUT2D eigenvalue weighted by Crippen LogP contribution is 2.15. The average molecular weight is 334 g/mol. The minimum atomic E-state index is -0.562. The second-order valence-electron chi connectivity index (χ2n) is 5.17. The fourth-order valence-electron chi connectivity index (χ4n) is 1.89. The van der Waals surface area contributed by atoms with E-state index < -0.39 is 6.10 Å². The third-order valence-corrected chi connectivity index (χ3v) is 3.44. The first kappa shape index (κ1) is 17.2. The molecule has 0 unspecified atom stereocenters. The van der Waals surface area contributed by atoms with Crippen LogP contribution in [0.5, 0.6) is 11.5 Å². The summed E-state index contributed by atoms with van der Waals surface area (Å²) in [7, 11) is 0. The van der Waals surface area contributed by atoms with Crippen LogP contribution in [0.2, 0.25) is 5.02 Å². The first-order chi connectivity index (χ1) is 11.0. The van der Waals surface area contributed by atoms with Gasteiger partial charge in [0, 0.05) is 5.02 Å². The SMILES string of the molecule is Cc1ccc(O[C@@H](C)C(=O)NCCOc2ccc(Cl)cc2)cc1. The Bertz CT molecular complexity index is 626. The summed E-state index contributed by atoms with van der Waals surface area (Å²) in [6, 6.07) is 14.7. The number of amides is 1. The minimum Gasteiger partial charge on any atom is -0.492 e. The number of aryl methyl sites for hydroxylation is 1. The second kappa shape index (κ2) is 8.44. The summed E-state index contributed by atoms with van der Waals surface area (Å²) < 4.78 is 11.1. The predicted molar refractivity (Wildman–Crippen MR) is 91.2 cm³/mol. The third kappa shape index (κ3) is 5.83. The van der Waals surface area contributed by atoms with Gasteiger partial charge in [-0.15, -0.1) is 0 Å². The zero-order valence-electron chi connectivity index (χ0n) is 13.2. The van der Waals surface area contributed by atoms with Gasteiger partial charge in [0.05, 0.1) is 6.54 Å². The molecule has 1 N–H and O–H groups in total. The number of benzene rings is 2. The highest BCUT2D eigenvalue weighted by atomic mass is 35.5. The molecule has 0 aliphatic heterocycles. The quantitative estimate of drug-likeness (QED) is 0.787. The molecule has 1 amide bonds. The fraction of sp³-hybridized carbons (Fsp3) is 0.278. The lowest BCUT2D eigenvalue weighted by molar-refractivity contribution is -0.127. The Balaban J connectivity index is 1.69. The molecule has 0 fully saturated rings. The van der Waals surface area contributed by atoms with E-state index in [0.717, 1.165) is 5.56 Å². The minimum absolute atomic E-state index is 0.176. The van der Waals surface area contributed by atoms with E-state index in [1.807, 2.05) is 31.2 Å². The van der Waals surface area contributed by atoms with Crippen molar-refractivity contribution in [3.05, 3.63) is 59.1 Å². The Hall–Kier alpha value is -2.20. The van der Waals surface area contributed by atoms with Crippen molar-refractivity contribution in [2.45, 2.75) is 20.0 Å². The monoisotopic (exact) mass is 333 g/mol. The van der Waals surface area contributed by atoms with Crippen LogP contribution < -0.4 is 14.8 Å². The van der Waals surface area contributed by atoms with E-state index in [1.54, 1.807) is 31.2 Å². The lowest BCUT2D eigenvalue weighted by Gasteiger charge is -2.15. The van der Waals surface area contributed by atoms with Crippen LogP contribution in [-0.2, 0) is 4.79 Å². The molecule has 2 aromatic carbocycles. The maximum atomic E-state index is 12.0. The van der Waals surface area contributed by atoms with Gasteiger partial charge in [0.1, 0.15) is 18.1 Å². The van der Waals surface area contributed by atoms with Gasteiger partial charge in [-0.25, -0.2) is 0 Å². The zero-order valence-corrected chi connectivity index (χ0v) is 14.0. The van der Waals surface area contributed by atoms with Gasteiger partial charge in [-0.3, -0.25) is 4.79 Å². The number of carbonyl (C=O) groups is 1. The molecule has 0 aliphatic carbocycles. The van der Waals surface area contributed by atoms with Gasteiger partial charge in [-0.2, -0.15) is 0 Å². The highest BCUT2D eigenvalue weighted by Gasteiger charge is 2.13. The number of carbonyl (C=O) groups excluding carboxylic acids is 1. The molecule has 0 aliphatic rings. The molecule has 0 radical (unpaired) electrons. The molecule has 2 aromatic rings. The van der Waals surface area contributed by atoms with Crippen molar-refractivity contribution in [1.29, 1.82) is 0 Å². The van der Waals surface area contributed by atoms with Gasteiger partial charge in [-0.1, -0.05) is 29.3 Å². The lowest BCUT2D eigenvalue weighted by atomic mass is 10.2. The van der Waals surface area contributed by atoms with Gasteiger partial charge in [0.2, 0.25) is 0 Å². The lowest BCUT2D eigenvalue weighted by Crippen LogP contribution is -2.38. The van der Waals surface area contributed by atoms with Crippen molar-refractivity contribution in [1.82, 2.24) is 5.32 Å². The number of ether oxygens (including phenoxy) is 2. The molecule has 4 nitrogen and oxygen atoms in total. The largest absolute Gasteiger partial charge is 0.492 e. The van der Waals surface area contributed by atoms with Crippen LogP contribution in [0.3, 0.4) is 0 Å². The van der Waals surface area contributed by atoms with Crippen molar-refractivity contribution in [2.24, 2.45) is 0 Å². The molecule has 23 heavy (non-hydrogen) atoms. The molecule has 0 saturated heterocycles. The van der Waals surface area contributed by atoms with E-state index in [0.29, 0.717) is 29.7 Å². The molecule has 0 bridgehead atoms. The molecule has 1 atom stereocenters. The number of rotatable bonds is 7. The summed E-state index contributed by atoms with van der Waals surface area (Å²) in [5.41, 5.74) is 1.15. The van der Waals surface area contributed by atoms with Crippen molar-refractivity contribution in [2.75, 3.05) is 13.2 Å². The summed E-state index contributed by atoms with van der Waals surface area (Å²) in [4.78, 5) is 12.0. The van der Waals surface area contributed by atoms with E-state index >= 15 is 0 Å². The summed E-state index contributed by atoms with van der Waals surface area (Å²) >= 11 is 5.80. The van der Waals surface area contributed by atoms with Gasteiger partial charge in [-0.05, 0) is 50.2 Å². The molecule has 0 spiro atoms. The maximum absolute atomic E-state index is 12.0. The van der Waals surface area contributed by atoms with Crippen LogP contribution >= 0.6 is 11.6 Å². The maximum Gasteiger partial charge on any atom is 0.260 e. The van der Waals surface area contributed by atoms with Gasteiger partial charge < -0.3 is 14.8 Å². The standard InChI is InChI=1S/C18H20ClNO3/c1-13-3-7-17(8-4-13)23-14(2)18(21)20-11-12-22-16-9-5-15(19)6-10-16/h3-10,14H,11-12H2,1-2H3,(H,20,21)/t14-/m0/s1. The number of hydrogen-bond donors (Lipinski definition) is 1. The van der Waals surface area contributed by atoms with Gasteiger partial charge in [0.15, 0.2) is 6.10 Å². The zero-order chi connectivity index (χ0) is 16.7. The van der Waals surface area contributed by atoms with Crippen molar-refractivity contribution < 1.29 is 14.3 Å². The van der Waals surface area contributed by atoms with E-state index in [1.165, 1.54) is 0 Å². The van der Waals surface area contributed by atoms with E-state index in [2.05, 4.69) is 5.32 Å². The average Bonchev–Trinajstić information content (AvgIpc) is 2.55. The fourth-order valence-corrected chi connectivity index (χ4v) is 2.02. The van der Waals surface area contributed by atoms with Crippen molar-refractivity contribution in [3.8, 4) is 11.5 Å². The summed E-state index contributed by atoms with van der Waals surface area (Å²) in [5.74, 6) is 1.22. The molecule has 5 heteroatoms. The molecule has 0 heterocycles. The summed E-state index contributed by atoms with van der Waals surface area (Å²) in [6.07, 6.45) is -0.562. The van der Waals surface area contributed by atoms with Crippen molar-refractivity contribution in [3.63, 3.8) is 0 Å². The Morgan fingerprint density at radius 1 is 1.09 bits per heavy atom. The molecule has 2 rings (SSSR count). The van der Waals surface area contributed by atoms with Gasteiger partial charge in [0.25, 0.3) is 5.91 Å². The Labute approximate surface area is 141 Å². The summed E-state index contributed by atoms with van der Waals surface area (Å²) in [5, 5.41) is 3.44. The van der Waals surface area contributed by atoms with Crippen LogP contribution in [0.1, 0.15) is 12.5 Å². The smallest absolute Gasteiger partial charge is 0.260 e. The number of halogens is 1. The number of nitrogens with one attached hydrogen (secondary N) is 1. The molecule has 122 valence electrons. The van der Waals surface area contributed by atoms with E-state index in [-0.39, 0.29) is 5.91 Å². The van der Waals surface area contributed by atoms with E-state index in [9.17, 15) is 4.79 Å². The normalized spacial score (nSPS) is 11.6. The second-order valence-corrected chi connectivity index (χ2v) is 5.60. The van der Waals surface area contributed by atoms with Crippen molar-refractivity contribution >= 4 is 17.5 Å². The van der Waals surface area contributed by atoms with Crippen LogP contribution in [0.15, 0.2) is 48.5 Å². The van der Waals surface area contributed by atoms with Crippen LogP contribution in [0.4, 0.5) is 0 Å². The molecular formula is C18H20ClNO3. The Morgan fingerprint density at radius 2 is 1.70 bits per heavy atom. The van der Waals surface area contributed by atoms with Crippen LogP contribution in [0, 0.1) is 6.92 Å². The molecule has 0 saturated carbocycles. The predicted octanol–water partition coefficient (Wildman–Crippen LogP) is 3.61. The third-order valence-electron chi connectivity index (χ3n) is 3.19. The summed E-state index contributed by atoms with van der Waals surface area (Å²) in [6.45, 7) is 4.50. The molecule has 0 aromatic heterocycles. The van der Waals surface area contributed by atoms with Crippen LogP contribution in [0.25, 0.3) is 0 Å². The topological polar surface area (TPSA) is 47.6 Å². The number of hydrogen-bond acceptors (Lipinski definition) is 3.